The van der Waals surface area contributed by atoms with E-state index in [0.717, 1.165) is 10.9 Å². The molecular formula is C10H14NO3PS. The molecule has 0 radical (unpaired) electrons. The molecule has 0 aromatic heterocycles. The van der Waals surface area contributed by atoms with Crippen LogP contribution >= 0.6 is 9.24 Å². The summed E-state index contributed by atoms with van der Waals surface area (Å²) in [6.07, 6.45) is 2.26. The summed E-state index contributed by atoms with van der Waals surface area (Å²) in [4.78, 5) is 10.3. The highest BCUT2D eigenvalue weighted by Crippen LogP contribution is 2.11. The van der Waals surface area contributed by atoms with Gasteiger partial charge in [0.15, 0.2) is 0 Å². The minimum Gasteiger partial charge on any atom is -0.329 e. The molecule has 0 aliphatic rings. The molecule has 16 heavy (non-hydrogen) atoms. The third-order valence-electron chi connectivity index (χ3n) is 2.11. The number of amides is 1. The van der Waals surface area contributed by atoms with Gasteiger partial charge in [-0.05, 0) is 29.4 Å². The number of hydrogen-bond donors (Lipinski definition) is 1. The average molecular weight is 259 g/mol. The molecule has 0 aliphatic carbocycles. The van der Waals surface area contributed by atoms with Crippen LogP contribution in [0.3, 0.4) is 0 Å². The van der Waals surface area contributed by atoms with E-state index in [1.54, 1.807) is 12.1 Å². The molecule has 1 atom stereocenters. The maximum atomic E-state index is 11.0. The van der Waals surface area contributed by atoms with Crippen LogP contribution in [0.5, 0.6) is 0 Å². The van der Waals surface area contributed by atoms with Crippen LogP contribution in [0.2, 0.25) is 0 Å². The zero-order valence-corrected chi connectivity index (χ0v) is 10.9. The standard InChI is InChI=1S/C10H14NO3PS/c1-16(13,14)5-4-8-6-9(11-7-12)2-3-10(8)15/h2-3,6-7H,4-5,15H2,1H3,(H,11,12). The molecule has 88 valence electrons. The van der Waals surface area contributed by atoms with Crippen LogP contribution in [-0.4, -0.2) is 26.8 Å². The number of hydrogen-bond acceptors (Lipinski definition) is 3. The molecular weight excluding hydrogens is 245 g/mol. The first kappa shape index (κ1) is 13.1. The van der Waals surface area contributed by atoms with Crippen LogP contribution in [0.4, 0.5) is 5.69 Å². The van der Waals surface area contributed by atoms with Gasteiger partial charge in [-0.25, -0.2) is 8.42 Å². The number of carbonyl (C=O) groups is 1. The van der Waals surface area contributed by atoms with E-state index >= 15 is 0 Å². The zero-order chi connectivity index (χ0) is 12.2. The monoisotopic (exact) mass is 259 g/mol. The van der Waals surface area contributed by atoms with Crippen molar-refractivity contribution in [1.82, 2.24) is 0 Å². The van der Waals surface area contributed by atoms with Gasteiger partial charge in [-0.2, -0.15) is 0 Å². The van der Waals surface area contributed by atoms with Gasteiger partial charge in [0.1, 0.15) is 9.84 Å². The maximum Gasteiger partial charge on any atom is 0.211 e. The number of carbonyl (C=O) groups excluding carboxylic acids is 1. The van der Waals surface area contributed by atoms with E-state index in [0.29, 0.717) is 18.5 Å². The van der Waals surface area contributed by atoms with Gasteiger partial charge in [0.05, 0.1) is 5.75 Å². The Kier molecular flexibility index (Phi) is 4.44. The predicted octanol–water partition coefficient (Wildman–Crippen LogP) is 0.342. The number of anilines is 1. The molecule has 4 nitrogen and oxygen atoms in total. The van der Waals surface area contributed by atoms with Crippen molar-refractivity contribution in [2.24, 2.45) is 0 Å². The van der Waals surface area contributed by atoms with Crippen LogP contribution in [-0.2, 0) is 21.1 Å². The lowest BCUT2D eigenvalue weighted by Gasteiger charge is -2.07. The quantitative estimate of drug-likeness (QED) is 0.612. The Labute approximate surface area is 97.6 Å². The average Bonchev–Trinajstić information content (AvgIpc) is 2.18. The molecule has 1 aromatic carbocycles. The fraction of sp³-hybridized carbons (Fsp3) is 0.300. The largest absolute Gasteiger partial charge is 0.329 e. The number of benzene rings is 1. The minimum atomic E-state index is -2.96. The van der Waals surface area contributed by atoms with Gasteiger partial charge in [-0.15, -0.1) is 9.24 Å². The normalized spacial score (nSPS) is 11.1. The minimum absolute atomic E-state index is 0.110. The zero-order valence-electron chi connectivity index (χ0n) is 8.93. The van der Waals surface area contributed by atoms with Crippen molar-refractivity contribution in [3.05, 3.63) is 23.8 Å². The van der Waals surface area contributed by atoms with E-state index in [9.17, 15) is 13.2 Å². The fourth-order valence-electron chi connectivity index (χ4n) is 1.28. The summed E-state index contributed by atoms with van der Waals surface area (Å²) in [5.41, 5.74) is 1.58. The topological polar surface area (TPSA) is 63.2 Å². The molecule has 0 heterocycles. The molecule has 0 saturated carbocycles. The first-order valence-corrected chi connectivity index (χ1v) is 7.32. The number of rotatable bonds is 5. The van der Waals surface area contributed by atoms with Crippen LogP contribution in [0.15, 0.2) is 18.2 Å². The van der Waals surface area contributed by atoms with E-state index in [2.05, 4.69) is 14.6 Å². The number of nitrogens with one attached hydrogen (secondary N) is 1. The fourth-order valence-corrected chi connectivity index (χ4v) is 2.19. The van der Waals surface area contributed by atoms with Crippen molar-refractivity contribution in [3.63, 3.8) is 0 Å². The van der Waals surface area contributed by atoms with E-state index < -0.39 is 9.84 Å². The molecule has 0 bridgehead atoms. The van der Waals surface area contributed by atoms with Crippen LogP contribution < -0.4 is 10.6 Å². The summed E-state index contributed by atoms with van der Waals surface area (Å²) in [5.74, 6) is 0.110. The highest BCUT2D eigenvalue weighted by molar-refractivity contribution is 7.90. The van der Waals surface area contributed by atoms with Crippen molar-refractivity contribution in [1.29, 1.82) is 0 Å². The molecule has 6 heteroatoms. The molecule has 0 aliphatic heterocycles. The molecule has 0 spiro atoms. The molecule has 1 rings (SSSR count). The highest BCUT2D eigenvalue weighted by Gasteiger charge is 2.06. The summed E-state index contributed by atoms with van der Waals surface area (Å²) in [6.45, 7) is 0. The van der Waals surface area contributed by atoms with Crippen LogP contribution in [0.25, 0.3) is 0 Å². The van der Waals surface area contributed by atoms with E-state index in [1.165, 1.54) is 6.26 Å². The summed E-state index contributed by atoms with van der Waals surface area (Å²) in [6, 6.07) is 5.37. The van der Waals surface area contributed by atoms with Crippen molar-refractivity contribution < 1.29 is 13.2 Å². The third-order valence-corrected chi connectivity index (χ3v) is 3.62. The summed E-state index contributed by atoms with van der Waals surface area (Å²) >= 11 is 0. The summed E-state index contributed by atoms with van der Waals surface area (Å²) < 4.78 is 22.1. The third kappa shape index (κ3) is 4.29. The van der Waals surface area contributed by atoms with E-state index in [4.69, 9.17) is 0 Å². The van der Waals surface area contributed by atoms with Crippen LogP contribution in [0.1, 0.15) is 5.56 Å². The molecule has 0 fully saturated rings. The second kappa shape index (κ2) is 5.41. The molecule has 0 saturated heterocycles. The SMILES string of the molecule is CS(=O)(=O)CCc1cc(NC=O)ccc1P. The lowest BCUT2D eigenvalue weighted by atomic mass is 10.1. The molecule has 1 unspecified atom stereocenters. The Morgan fingerprint density at radius 1 is 1.44 bits per heavy atom. The maximum absolute atomic E-state index is 11.0. The van der Waals surface area contributed by atoms with Gasteiger partial charge in [-0.1, -0.05) is 6.07 Å². The number of aryl methyl sites for hydroxylation is 1. The predicted molar refractivity (Wildman–Crippen MR) is 68.9 cm³/mol. The van der Waals surface area contributed by atoms with E-state index in [-0.39, 0.29) is 5.75 Å². The van der Waals surface area contributed by atoms with Gasteiger partial charge in [0.2, 0.25) is 6.41 Å². The second-order valence-electron chi connectivity index (χ2n) is 3.56. The smallest absolute Gasteiger partial charge is 0.211 e. The van der Waals surface area contributed by atoms with Crippen molar-refractivity contribution >= 4 is 36.5 Å². The van der Waals surface area contributed by atoms with Gasteiger partial charge < -0.3 is 5.32 Å². The Bertz CT molecular complexity index is 485. The van der Waals surface area contributed by atoms with Crippen molar-refractivity contribution in [2.75, 3.05) is 17.3 Å². The lowest BCUT2D eigenvalue weighted by molar-refractivity contribution is -0.105. The molecule has 1 aromatic rings. The summed E-state index contributed by atoms with van der Waals surface area (Å²) in [7, 11) is -0.414. The molecule has 1 amide bonds. The Morgan fingerprint density at radius 2 is 2.12 bits per heavy atom. The first-order valence-electron chi connectivity index (χ1n) is 4.68. The Balaban J connectivity index is 2.85. The van der Waals surface area contributed by atoms with E-state index in [1.807, 2.05) is 6.07 Å². The van der Waals surface area contributed by atoms with Gasteiger partial charge in [0.25, 0.3) is 0 Å². The lowest BCUT2D eigenvalue weighted by Crippen LogP contribution is -2.11. The number of sulfone groups is 1. The highest BCUT2D eigenvalue weighted by atomic mass is 32.2. The Hall–Kier alpha value is -0.930. The Morgan fingerprint density at radius 3 is 2.69 bits per heavy atom. The van der Waals surface area contributed by atoms with Gasteiger partial charge >= 0.3 is 0 Å². The first-order chi connectivity index (χ1) is 7.42. The van der Waals surface area contributed by atoms with Crippen LogP contribution in [0, 0.1) is 0 Å². The van der Waals surface area contributed by atoms with Gasteiger partial charge in [0, 0.05) is 11.9 Å². The van der Waals surface area contributed by atoms with Crippen molar-refractivity contribution in [2.45, 2.75) is 6.42 Å². The van der Waals surface area contributed by atoms with Crippen molar-refractivity contribution in [3.8, 4) is 0 Å². The molecule has 1 N–H and O–H groups in total. The van der Waals surface area contributed by atoms with Gasteiger partial charge in [-0.3, -0.25) is 4.79 Å². The summed E-state index contributed by atoms with van der Waals surface area (Å²) in [5, 5.41) is 3.48. The second-order valence-corrected chi connectivity index (χ2v) is 6.44.